The van der Waals surface area contributed by atoms with Crippen LogP contribution in [0.15, 0.2) is 0 Å². The maximum absolute atomic E-state index is 11.1. The number of hydrogen-bond acceptors (Lipinski definition) is 2. The Labute approximate surface area is 66.5 Å². The molecule has 2 rings (SSSR count). The van der Waals surface area contributed by atoms with Gasteiger partial charge in [0, 0.05) is 7.05 Å². The molecule has 1 aliphatic carbocycles. The van der Waals surface area contributed by atoms with Crippen LogP contribution in [0.25, 0.3) is 0 Å². The number of β-lactam (4-membered cyclic amide) rings is 1. The molecule has 2 aliphatic rings. The van der Waals surface area contributed by atoms with Gasteiger partial charge in [0.15, 0.2) is 0 Å². The molecule has 0 aromatic carbocycles. The van der Waals surface area contributed by atoms with Gasteiger partial charge in [-0.15, -0.1) is 0 Å². The van der Waals surface area contributed by atoms with Gasteiger partial charge in [-0.2, -0.15) is 0 Å². The normalized spacial score (nSPS) is 34.5. The Morgan fingerprint density at radius 1 is 1.55 bits per heavy atom. The maximum atomic E-state index is 11.1. The highest BCUT2D eigenvalue weighted by atomic mass is 16.2. The van der Waals surface area contributed by atoms with Gasteiger partial charge < -0.3 is 10.6 Å². The number of carbonyl (C=O) groups is 1. The van der Waals surface area contributed by atoms with Gasteiger partial charge in [-0.05, 0) is 12.8 Å². The predicted molar refractivity (Wildman–Crippen MR) is 41.9 cm³/mol. The summed E-state index contributed by atoms with van der Waals surface area (Å²) in [4.78, 5) is 13.0. The summed E-state index contributed by atoms with van der Waals surface area (Å²) in [5.41, 5.74) is 5.83. The van der Waals surface area contributed by atoms with Crippen molar-refractivity contribution in [2.45, 2.75) is 37.3 Å². The molecule has 0 aromatic rings. The summed E-state index contributed by atoms with van der Waals surface area (Å²) in [7, 11) is 1.87. The zero-order valence-corrected chi connectivity index (χ0v) is 6.84. The minimum absolute atomic E-state index is 0.0666. The summed E-state index contributed by atoms with van der Waals surface area (Å²) in [6, 6.07) is -0.199. The molecule has 3 nitrogen and oxygen atoms in total. The van der Waals surface area contributed by atoms with Crippen LogP contribution in [0.5, 0.6) is 0 Å². The van der Waals surface area contributed by atoms with Gasteiger partial charge in [0.05, 0.1) is 5.54 Å². The number of likely N-dealkylation sites (N-methyl/N-ethyl adjacent to an activating group) is 1. The highest BCUT2D eigenvalue weighted by molar-refractivity contribution is 5.90. The quantitative estimate of drug-likeness (QED) is 0.503. The molecule has 1 atom stereocenters. The Kier molecular flexibility index (Phi) is 1.27. The molecular weight excluding hydrogens is 140 g/mol. The first-order valence-electron chi connectivity index (χ1n) is 4.22. The Bertz CT molecular complexity index is 182. The fourth-order valence-electron chi connectivity index (χ4n) is 2.43. The molecular formula is C8H14N2O. The van der Waals surface area contributed by atoms with Crippen molar-refractivity contribution < 1.29 is 4.79 Å². The van der Waals surface area contributed by atoms with Crippen LogP contribution in [0.1, 0.15) is 25.7 Å². The molecule has 1 amide bonds. The van der Waals surface area contributed by atoms with E-state index in [2.05, 4.69) is 0 Å². The Morgan fingerprint density at radius 3 is 2.55 bits per heavy atom. The lowest BCUT2D eigenvalue weighted by molar-refractivity contribution is -0.157. The number of nitrogens with two attached hydrogens (primary N) is 1. The summed E-state index contributed by atoms with van der Waals surface area (Å²) in [5.74, 6) is 0.118. The van der Waals surface area contributed by atoms with Crippen LogP contribution in [0, 0.1) is 0 Å². The fourth-order valence-corrected chi connectivity index (χ4v) is 2.43. The van der Waals surface area contributed by atoms with Crippen LogP contribution in [-0.4, -0.2) is 29.4 Å². The van der Waals surface area contributed by atoms with Crippen molar-refractivity contribution >= 4 is 5.91 Å². The van der Waals surface area contributed by atoms with E-state index in [-0.39, 0.29) is 17.5 Å². The second kappa shape index (κ2) is 1.97. The summed E-state index contributed by atoms with van der Waals surface area (Å²) in [6.45, 7) is 0. The first kappa shape index (κ1) is 7.10. The first-order valence-corrected chi connectivity index (χ1v) is 4.22. The Morgan fingerprint density at radius 2 is 2.09 bits per heavy atom. The smallest absolute Gasteiger partial charge is 0.242 e. The van der Waals surface area contributed by atoms with Gasteiger partial charge in [-0.25, -0.2) is 0 Å². The number of carbonyl (C=O) groups excluding carboxylic acids is 1. The molecule has 62 valence electrons. The molecule has 2 N–H and O–H groups in total. The van der Waals surface area contributed by atoms with Crippen LogP contribution in [0.4, 0.5) is 0 Å². The van der Waals surface area contributed by atoms with Crippen LogP contribution in [0.2, 0.25) is 0 Å². The number of rotatable bonds is 0. The van der Waals surface area contributed by atoms with Gasteiger partial charge in [0.1, 0.15) is 6.04 Å². The molecule has 1 aliphatic heterocycles. The van der Waals surface area contributed by atoms with Crippen molar-refractivity contribution in [2.24, 2.45) is 5.73 Å². The average Bonchev–Trinajstić information content (AvgIpc) is 2.51. The van der Waals surface area contributed by atoms with E-state index in [1.807, 2.05) is 11.9 Å². The van der Waals surface area contributed by atoms with E-state index < -0.39 is 0 Å². The second-order valence-corrected chi connectivity index (χ2v) is 3.69. The molecule has 1 saturated carbocycles. The lowest BCUT2D eigenvalue weighted by atomic mass is 9.78. The molecule has 3 heteroatoms. The van der Waals surface area contributed by atoms with Crippen molar-refractivity contribution in [1.29, 1.82) is 0 Å². The Hall–Kier alpha value is -0.570. The molecule has 0 unspecified atom stereocenters. The SMILES string of the molecule is CN1C(=O)[C@H](N)C12CCCC2. The standard InChI is InChI=1S/C8H14N2O/c1-10-7(11)6(9)8(10)4-2-3-5-8/h6H,2-5,9H2,1H3/t6-/m0/s1. The number of hydrogen-bond donors (Lipinski definition) is 1. The summed E-state index contributed by atoms with van der Waals surface area (Å²) < 4.78 is 0. The van der Waals surface area contributed by atoms with Gasteiger partial charge in [-0.1, -0.05) is 12.8 Å². The molecule has 11 heavy (non-hydrogen) atoms. The number of likely N-dealkylation sites (tertiary alicyclic amines) is 1. The molecule has 1 spiro atoms. The molecule has 0 aromatic heterocycles. The van der Waals surface area contributed by atoms with Crippen LogP contribution in [-0.2, 0) is 4.79 Å². The first-order chi connectivity index (χ1) is 5.18. The minimum atomic E-state index is -0.199. The topological polar surface area (TPSA) is 46.3 Å². The van der Waals surface area contributed by atoms with Crippen LogP contribution >= 0.6 is 0 Å². The third-order valence-corrected chi connectivity index (χ3v) is 3.31. The lowest BCUT2D eigenvalue weighted by Gasteiger charge is -2.52. The van der Waals surface area contributed by atoms with Crippen molar-refractivity contribution in [3.63, 3.8) is 0 Å². The molecule has 0 bridgehead atoms. The lowest BCUT2D eigenvalue weighted by Crippen LogP contribution is -2.75. The van der Waals surface area contributed by atoms with E-state index in [0.717, 1.165) is 12.8 Å². The second-order valence-electron chi connectivity index (χ2n) is 3.69. The van der Waals surface area contributed by atoms with E-state index in [9.17, 15) is 4.79 Å². The number of amides is 1. The monoisotopic (exact) mass is 154 g/mol. The van der Waals surface area contributed by atoms with E-state index in [0.29, 0.717) is 0 Å². The summed E-state index contributed by atoms with van der Waals surface area (Å²) in [5, 5.41) is 0. The maximum Gasteiger partial charge on any atom is 0.242 e. The molecule has 1 heterocycles. The largest absolute Gasteiger partial charge is 0.337 e. The van der Waals surface area contributed by atoms with Crippen molar-refractivity contribution in [3.8, 4) is 0 Å². The van der Waals surface area contributed by atoms with Crippen LogP contribution in [0.3, 0.4) is 0 Å². The van der Waals surface area contributed by atoms with Gasteiger partial charge in [0.25, 0.3) is 0 Å². The minimum Gasteiger partial charge on any atom is -0.337 e. The highest BCUT2D eigenvalue weighted by Crippen LogP contribution is 2.43. The molecule has 2 fully saturated rings. The van der Waals surface area contributed by atoms with Gasteiger partial charge in [-0.3, -0.25) is 4.79 Å². The third kappa shape index (κ3) is 0.644. The highest BCUT2D eigenvalue weighted by Gasteiger charge is 2.57. The van der Waals surface area contributed by atoms with E-state index in [4.69, 9.17) is 5.73 Å². The average molecular weight is 154 g/mol. The van der Waals surface area contributed by atoms with Crippen molar-refractivity contribution in [2.75, 3.05) is 7.05 Å². The van der Waals surface area contributed by atoms with Gasteiger partial charge >= 0.3 is 0 Å². The third-order valence-electron chi connectivity index (χ3n) is 3.31. The summed E-state index contributed by atoms with van der Waals surface area (Å²) >= 11 is 0. The van der Waals surface area contributed by atoms with E-state index in [1.165, 1.54) is 12.8 Å². The predicted octanol–water partition coefficient (Wildman–Crippen LogP) is 0.0985. The zero-order valence-electron chi connectivity index (χ0n) is 6.84. The fraction of sp³-hybridized carbons (Fsp3) is 0.875. The Balaban J connectivity index is 2.20. The van der Waals surface area contributed by atoms with E-state index >= 15 is 0 Å². The van der Waals surface area contributed by atoms with Crippen LogP contribution < -0.4 is 5.73 Å². The molecule has 0 radical (unpaired) electrons. The molecule has 1 saturated heterocycles. The zero-order chi connectivity index (χ0) is 8.06. The van der Waals surface area contributed by atoms with Gasteiger partial charge in [0.2, 0.25) is 5.91 Å². The van der Waals surface area contributed by atoms with Crippen molar-refractivity contribution in [1.82, 2.24) is 4.90 Å². The summed E-state index contributed by atoms with van der Waals surface area (Å²) in [6.07, 6.45) is 4.67. The van der Waals surface area contributed by atoms with E-state index in [1.54, 1.807) is 0 Å². The van der Waals surface area contributed by atoms with Crippen molar-refractivity contribution in [3.05, 3.63) is 0 Å². The number of nitrogens with zero attached hydrogens (tertiary/aromatic N) is 1.